The third kappa shape index (κ3) is 2.03. The summed E-state index contributed by atoms with van der Waals surface area (Å²) in [5.41, 5.74) is 2.16. The Labute approximate surface area is 118 Å². The van der Waals surface area contributed by atoms with Crippen molar-refractivity contribution in [3.05, 3.63) is 41.0 Å². The largest absolute Gasteiger partial charge is 0.296 e. The van der Waals surface area contributed by atoms with Gasteiger partial charge < -0.3 is 0 Å². The van der Waals surface area contributed by atoms with E-state index in [9.17, 15) is 0 Å². The molecule has 1 aromatic heterocycles. The number of hydrogen-bond acceptors (Lipinski definition) is 2. The SMILES string of the molecule is Clc1nc2ccccc2cc1CN1CC2CCC1C2. The lowest BCUT2D eigenvalue weighted by molar-refractivity contribution is 0.205. The lowest BCUT2D eigenvalue weighted by atomic mass is 10.1. The van der Waals surface area contributed by atoms with E-state index in [1.54, 1.807) is 0 Å². The molecule has 2 heterocycles. The van der Waals surface area contributed by atoms with E-state index in [4.69, 9.17) is 11.6 Å². The van der Waals surface area contributed by atoms with Gasteiger partial charge >= 0.3 is 0 Å². The Morgan fingerprint density at radius 2 is 2.16 bits per heavy atom. The van der Waals surface area contributed by atoms with Crippen LogP contribution in [0.3, 0.4) is 0 Å². The van der Waals surface area contributed by atoms with Gasteiger partial charge in [-0.1, -0.05) is 29.8 Å². The smallest absolute Gasteiger partial charge is 0.134 e. The van der Waals surface area contributed by atoms with Crippen LogP contribution in [0.4, 0.5) is 0 Å². The van der Waals surface area contributed by atoms with Crippen LogP contribution in [0.1, 0.15) is 24.8 Å². The van der Waals surface area contributed by atoms with Crippen molar-refractivity contribution in [3.8, 4) is 0 Å². The number of para-hydroxylation sites is 1. The summed E-state index contributed by atoms with van der Waals surface area (Å²) in [4.78, 5) is 7.11. The first-order valence-electron chi connectivity index (χ1n) is 7.08. The maximum Gasteiger partial charge on any atom is 0.134 e. The van der Waals surface area contributed by atoms with E-state index in [1.807, 2.05) is 12.1 Å². The highest BCUT2D eigenvalue weighted by Crippen LogP contribution is 2.38. The van der Waals surface area contributed by atoms with Crippen LogP contribution in [0.25, 0.3) is 10.9 Å². The molecule has 2 atom stereocenters. The summed E-state index contributed by atoms with van der Waals surface area (Å²) in [6.07, 6.45) is 4.17. The number of pyridine rings is 1. The van der Waals surface area contributed by atoms with Crippen molar-refractivity contribution in [2.75, 3.05) is 6.54 Å². The molecule has 1 aliphatic carbocycles. The van der Waals surface area contributed by atoms with Gasteiger partial charge in [0.15, 0.2) is 0 Å². The van der Waals surface area contributed by atoms with Crippen molar-refractivity contribution in [2.24, 2.45) is 5.92 Å². The van der Waals surface area contributed by atoms with Crippen LogP contribution in [0.5, 0.6) is 0 Å². The molecule has 2 aliphatic rings. The average molecular weight is 273 g/mol. The third-order valence-electron chi connectivity index (χ3n) is 4.65. The minimum Gasteiger partial charge on any atom is -0.296 e. The number of aromatic nitrogens is 1. The Bertz CT molecular complexity index is 625. The summed E-state index contributed by atoms with van der Waals surface area (Å²) < 4.78 is 0. The molecule has 1 saturated carbocycles. The first-order valence-corrected chi connectivity index (χ1v) is 7.45. The zero-order chi connectivity index (χ0) is 12.8. The zero-order valence-electron chi connectivity index (χ0n) is 10.8. The number of benzene rings is 1. The van der Waals surface area contributed by atoms with Gasteiger partial charge in [0.1, 0.15) is 5.15 Å². The van der Waals surface area contributed by atoms with Gasteiger partial charge in [-0.25, -0.2) is 4.98 Å². The fourth-order valence-electron chi connectivity index (χ4n) is 3.69. The highest BCUT2D eigenvalue weighted by atomic mass is 35.5. The Morgan fingerprint density at radius 1 is 1.26 bits per heavy atom. The van der Waals surface area contributed by atoms with Gasteiger partial charge in [-0.15, -0.1) is 0 Å². The summed E-state index contributed by atoms with van der Waals surface area (Å²) in [6.45, 7) is 2.20. The van der Waals surface area contributed by atoms with Crippen molar-refractivity contribution in [2.45, 2.75) is 31.8 Å². The van der Waals surface area contributed by atoms with Crippen molar-refractivity contribution in [3.63, 3.8) is 0 Å². The summed E-state index contributed by atoms with van der Waals surface area (Å²) in [6, 6.07) is 11.2. The fourth-order valence-corrected chi connectivity index (χ4v) is 3.89. The maximum atomic E-state index is 6.35. The van der Waals surface area contributed by atoms with Crippen LogP contribution >= 0.6 is 11.6 Å². The lowest BCUT2D eigenvalue weighted by Crippen LogP contribution is -2.31. The van der Waals surface area contributed by atoms with Gasteiger partial charge in [-0.2, -0.15) is 0 Å². The van der Waals surface area contributed by atoms with Crippen LogP contribution in [-0.2, 0) is 6.54 Å². The minimum absolute atomic E-state index is 0.668. The molecule has 4 rings (SSSR count). The molecule has 0 N–H and O–H groups in total. The number of piperidine rings is 1. The Kier molecular flexibility index (Phi) is 2.75. The van der Waals surface area contributed by atoms with E-state index in [-0.39, 0.29) is 0 Å². The molecule has 19 heavy (non-hydrogen) atoms. The van der Waals surface area contributed by atoms with Gasteiger partial charge in [-0.05, 0) is 37.3 Å². The molecule has 3 heteroatoms. The number of likely N-dealkylation sites (tertiary alicyclic amines) is 1. The van der Waals surface area contributed by atoms with Crippen LogP contribution < -0.4 is 0 Å². The highest BCUT2D eigenvalue weighted by molar-refractivity contribution is 6.30. The summed E-state index contributed by atoms with van der Waals surface area (Å²) in [5.74, 6) is 0.928. The van der Waals surface area contributed by atoms with Crippen molar-refractivity contribution in [1.82, 2.24) is 9.88 Å². The molecule has 1 aliphatic heterocycles. The van der Waals surface area contributed by atoms with Gasteiger partial charge in [-0.3, -0.25) is 4.90 Å². The van der Waals surface area contributed by atoms with Crippen LogP contribution in [0, 0.1) is 5.92 Å². The topological polar surface area (TPSA) is 16.1 Å². The molecule has 2 fully saturated rings. The van der Waals surface area contributed by atoms with Crippen molar-refractivity contribution in [1.29, 1.82) is 0 Å². The standard InChI is InChI=1S/C16H17ClN2/c17-16-13(8-12-3-1-2-4-15(12)18-16)10-19-9-11-5-6-14(19)7-11/h1-4,8,11,14H,5-7,9-10H2. The van der Waals surface area contributed by atoms with Gasteiger partial charge in [0, 0.05) is 30.1 Å². The predicted molar refractivity (Wildman–Crippen MR) is 78.3 cm³/mol. The zero-order valence-corrected chi connectivity index (χ0v) is 11.6. The summed E-state index contributed by atoms with van der Waals surface area (Å²) in [7, 11) is 0. The van der Waals surface area contributed by atoms with E-state index in [0.29, 0.717) is 5.15 Å². The first-order chi connectivity index (χ1) is 9.29. The Hall–Kier alpha value is -1.12. The molecule has 0 amide bonds. The molecule has 2 nitrogen and oxygen atoms in total. The number of halogens is 1. The maximum absolute atomic E-state index is 6.35. The number of rotatable bonds is 2. The van der Waals surface area contributed by atoms with E-state index in [1.165, 1.54) is 36.8 Å². The van der Waals surface area contributed by atoms with Crippen LogP contribution in [-0.4, -0.2) is 22.5 Å². The predicted octanol–water partition coefficient (Wildman–Crippen LogP) is 3.87. The average Bonchev–Trinajstić information content (AvgIpc) is 3.02. The second-order valence-corrected chi connectivity index (χ2v) is 6.25. The Balaban J connectivity index is 1.65. The first kappa shape index (κ1) is 11.7. The number of fused-ring (bicyclic) bond motifs is 3. The van der Waals surface area contributed by atoms with E-state index < -0.39 is 0 Å². The number of nitrogens with zero attached hydrogens (tertiary/aromatic N) is 2. The molecule has 1 aromatic carbocycles. The molecule has 2 aromatic rings. The molecule has 0 spiro atoms. The van der Waals surface area contributed by atoms with Crippen LogP contribution in [0.2, 0.25) is 5.15 Å². The molecular weight excluding hydrogens is 256 g/mol. The molecule has 1 saturated heterocycles. The van der Waals surface area contributed by atoms with Gasteiger partial charge in [0.2, 0.25) is 0 Å². The molecule has 0 radical (unpaired) electrons. The van der Waals surface area contributed by atoms with Gasteiger partial charge in [0.05, 0.1) is 5.52 Å². The normalized spacial score (nSPS) is 26.4. The van der Waals surface area contributed by atoms with Crippen LogP contribution in [0.15, 0.2) is 30.3 Å². The molecule has 98 valence electrons. The monoisotopic (exact) mass is 272 g/mol. The highest BCUT2D eigenvalue weighted by Gasteiger charge is 2.37. The number of hydrogen-bond donors (Lipinski definition) is 0. The summed E-state index contributed by atoms with van der Waals surface area (Å²) in [5, 5.41) is 1.85. The second-order valence-electron chi connectivity index (χ2n) is 5.89. The van der Waals surface area contributed by atoms with E-state index >= 15 is 0 Å². The third-order valence-corrected chi connectivity index (χ3v) is 4.97. The van der Waals surface area contributed by atoms with Crippen molar-refractivity contribution < 1.29 is 0 Å². The molecule has 2 bridgehead atoms. The molecular formula is C16H17ClN2. The van der Waals surface area contributed by atoms with Crippen molar-refractivity contribution >= 4 is 22.5 Å². The lowest BCUT2D eigenvalue weighted by Gasteiger charge is -2.27. The minimum atomic E-state index is 0.668. The second kappa shape index (κ2) is 4.46. The fraction of sp³-hybridized carbons (Fsp3) is 0.438. The van der Waals surface area contributed by atoms with E-state index in [2.05, 4.69) is 28.1 Å². The molecule has 2 unspecified atom stereocenters. The Morgan fingerprint density at radius 3 is 2.95 bits per heavy atom. The van der Waals surface area contributed by atoms with E-state index in [0.717, 1.165) is 24.0 Å². The van der Waals surface area contributed by atoms with Gasteiger partial charge in [0.25, 0.3) is 0 Å². The quantitative estimate of drug-likeness (QED) is 0.772. The summed E-state index contributed by atoms with van der Waals surface area (Å²) >= 11 is 6.35.